The Morgan fingerprint density at radius 2 is 1.52 bits per heavy atom. The molecule has 0 spiro atoms. The molecular weight excluding hydrogens is 364 g/mol. The normalized spacial score (nSPS) is 10.9. The van der Waals surface area contributed by atoms with Crippen molar-refractivity contribution in [1.82, 2.24) is 5.32 Å². The van der Waals surface area contributed by atoms with Crippen molar-refractivity contribution in [3.63, 3.8) is 0 Å². The third-order valence-corrected chi connectivity index (χ3v) is 4.27. The molecule has 5 nitrogen and oxygen atoms in total. The molecule has 0 aliphatic heterocycles. The van der Waals surface area contributed by atoms with Crippen LogP contribution in [0.3, 0.4) is 0 Å². The number of hydrogen-bond donors (Lipinski definition) is 2. The zero-order chi connectivity index (χ0) is 20.6. The SMILES string of the molecule is COc1ccc(/C=C(/NC(=O)c2ccccc2)C(=O)Nc2ccc(C)cc2)cc1. The van der Waals surface area contributed by atoms with E-state index < -0.39 is 5.91 Å². The maximum absolute atomic E-state index is 12.9. The Morgan fingerprint density at radius 3 is 2.14 bits per heavy atom. The van der Waals surface area contributed by atoms with Gasteiger partial charge >= 0.3 is 0 Å². The van der Waals surface area contributed by atoms with Crippen molar-refractivity contribution >= 4 is 23.6 Å². The van der Waals surface area contributed by atoms with Gasteiger partial charge < -0.3 is 15.4 Å². The summed E-state index contributed by atoms with van der Waals surface area (Å²) >= 11 is 0. The molecule has 0 saturated heterocycles. The molecule has 0 aliphatic rings. The van der Waals surface area contributed by atoms with Crippen LogP contribution in [0, 0.1) is 6.92 Å². The quantitative estimate of drug-likeness (QED) is 0.617. The van der Waals surface area contributed by atoms with E-state index in [1.165, 1.54) is 0 Å². The number of anilines is 1. The van der Waals surface area contributed by atoms with Crippen molar-refractivity contribution in [2.45, 2.75) is 6.92 Å². The highest BCUT2D eigenvalue weighted by Crippen LogP contribution is 2.15. The van der Waals surface area contributed by atoms with Crippen LogP contribution in [0.5, 0.6) is 5.75 Å². The molecule has 0 aliphatic carbocycles. The molecular formula is C24H22N2O3. The molecule has 0 atom stereocenters. The van der Waals surface area contributed by atoms with Crippen molar-refractivity contribution in [3.05, 3.63) is 101 Å². The molecule has 0 unspecified atom stereocenters. The largest absolute Gasteiger partial charge is 0.497 e. The van der Waals surface area contributed by atoms with Gasteiger partial charge in [0.25, 0.3) is 11.8 Å². The van der Waals surface area contributed by atoms with Crippen LogP contribution in [0.4, 0.5) is 5.69 Å². The average Bonchev–Trinajstić information content (AvgIpc) is 2.76. The first-order valence-electron chi connectivity index (χ1n) is 9.15. The summed E-state index contributed by atoms with van der Waals surface area (Å²) in [6, 6.07) is 23.4. The molecule has 3 aromatic carbocycles. The summed E-state index contributed by atoms with van der Waals surface area (Å²) in [5.41, 5.74) is 3.11. The molecule has 0 heterocycles. The lowest BCUT2D eigenvalue weighted by atomic mass is 10.1. The minimum absolute atomic E-state index is 0.143. The van der Waals surface area contributed by atoms with Gasteiger partial charge in [-0.2, -0.15) is 0 Å². The topological polar surface area (TPSA) is 67.4 Å². The van der Waals surface area contributed by atoms with Crippen LogP contribution in [0.25, 0.3) is 6.08 Å². The van der Waals surface area contributed by atoms with E-state index in [9.17, 15) is 9.59 Å². The highest BCUT2D eigenvalue weighted by Gasteiger charge is 2.15. The Balaban J connectivity index is 1.86. The number of hydrogen-bond acceptors (Lipinski definition) is 3. The van der Waals surface area contributed by atoms with Crippen molar-refractivity contribution < 1.29 is 14.3 Å². The second-order valence-corrected chi connectivity index (χ2v) is 6.47. The predicted molar refractivity (Wildman–Crippen MR) is 115 cm³/mol. The summed E-state index contributed by atoms with van der Waals surface area (Å²) in [4.78, 5) is 25.5. The summed E-state index contributed by atoms with van der Waals surface area (Å²) < 4.78 is 5.16. The highest BCUT2D eigenvalue weighted by atomic mass is 16.5. The van der Waals surface area contributed by atoms with Crippen LogP contribution in [-0.2, 0) is 4.79 Å². The van der Waals surface area contributed by atoms with Crippen molar-refractivity contribution in [2.75, 3.05) is 12.4 Å². The fourth-order valence-corrected chi connectivity index (χ4v) is 2.64. The zero-order valence-corrected chi connectivity index (χ0v) is 16.3. The van der Waals surface area contributed by atoms with Gasteiger partial charge in [-0.25, -0.2) is 0 Å². The molecule has 0 bridgehead atoms. The Hall–Kier alpha value is -3.86. The van der Waals surface area contributed by atoms with Gasteiger partial charge in [0.05, 0.1) is 7.11 Å². The first kappa shape index (κ1) is 19.9. The first-order chi connectivity index (χ1) is 14.0. The van der Waals surface area contributed by atoms with E-state index in [4.69, 9.17) is 4.74 Å². The number of methoxy groups -OCH3 is 1. The van der Waals surface area contributed by atoms with Crippen molar-refractivity contribution in [1.29, 1.82) is 0 Å². The second kappa shape index (κ2) is 9.37. The third-order valence-electron chi connectivity index (χ3n) is 4.27. The Labute approximate surface area is 170 Å². The molecule has 0 radical (unpaired) electrons. The predicted octanol–water partition coefficient (Wildman–Crippen LogP) is 4.41. The third kappa shape index (κ3) is 5.56. The van der Waals surface area contributed by atoms with Gasteiger partial charge in [0, 0.05) is 11.3 Å². The van der Waals surface area contributed by atoms with Gasteiger partial charge in [0.1, 0.15) is 11.4 Å². The molecule has 3 rings (SSSR count). The molecule has 0 aromatic heterocycles. The van der Waals surface area contributed by atoms with E-state index in [1.807, 2.05) is 49.4 Å². The van der Waals surface area contributed by atoms with E-state index in [0.29, 0.717) is 17.0 Å². The zero-order valence-electron chi connectivity index (χ0n) is 16.3. The number of amides is 2. The number of aryl methyl sites for hydroxylation is 1. The van der Waals surface area contributed by atoms with Crippen LogP contribution in [0.2, 0.25) is 0 Å². The molecule has 146 valence electrons. The van der Waals surface area contributed by atoms with Crippen LogP contribution in [-0.4, -0.2) is 18.9 Å². The fourth-order valence-electron chi connectivity index (χ4n) is 2.64. The Bertz CT molecular complexity index is 1010. The average molecular weight is 386 g/mol. The molecule has 2 amide bonds. The number of benzene rings is 3. The molecule has 0 saturated carbocycles. The van der Waals surface area contributed by atoms with Crippen molar-refractivity contribution in [3.8, 4) is 5.75 Å². The number of rotatable bonds is 6. The number of nitrogens with one attached hydrogen (secondary N) is 2. The summed E-state index contributed by atoms with van der Waals surface area (Å²) in [6.45, 7) is 1.97. The number of ether oxygens (including phenoxy) is 1. The highest BCUT2D eigenvalue weighted by molar-refractivity contribution is 6.10. The lowest BCUT2D eigenvalue weighted by Gasteiger charge is -2.12. The smallest absolute Gasteiger partial charge is 0.272 e. The minimum atomic E-state index is -0.408. The summed E-state index contributed by atoms with van der Waals surface area (Å²) in [7, 11) is 1.59. The maximum Gasteiger partial charge on any atom is 0.272 e. The molecule has 0 fully saturated rings. The van der Waals surface area contributed by atoms with E-state index >= 15 is 0 Å². The van der Waals surface area contributed by atoms with E-state index in [0.717, 1.165) is 11.1 Å². The summed E-state index contributed by atoms with van der Waals surface area (Å²) in [5.74, 6) is -0.0560. The number of carbonyl (C=O) groups is 2. The monoisotopic (exact) mass is 386 g/mol. The van der Waals surface area contributed by atoms with Crippen LogP contribution in [0.1, 0.15) is 21.5 Å². The van der Waals surface area contributed by atoms with Gasteiger partial charge in [-0.3, -0.25) is 9.59 Å². The molecule has 29 heavy (non-hydrogen) atoms. The molecule has 3 aromatic rings. The fraction of sp³-hybridized carbons (Fsp3) is 0.0833. The van der Waals surface area contributed by atoms with Gasteiger partial charge in [0.2, 0.25) is 0 Å². The maximum atomic E-state index is 12.9. The van der Waals surface area contributed by atoms with Crippen LogP contribution < -0.4 is 15.4 Å². The second-order valence-electron chi connectivity index (χ2n) is 6.47. The van der Waals surface area contributed by atoms with E-state index in [2.05, 4.69) is 10.6 Å². The Morgan fingerprint density at radius 1 is 0.862 bits per heavy atom. The molecule has 2 N–H and O–H groups in total. The standard InChI is InChI=1S/C24H22N2O3/c1-17-8-12-20(13-9-17)25-24(28)22(16-18-10-14-21(29-2)15-11-18)26-23(27)19-6-4-3-5-7-19/h3-16H,1-2H3,(H,25,28)(H,26,27)/b22-16+. The van der Waals surface area contributed by atoms with Crippen LogP contribution >= 0.6 is 0 Å². The molecule has 5 heteroatoms. The summed E-state index contributed by atoms with van der Waals surface area (Å²) in [5, 5.41) is 5.54. The summed E-state index contributed by atoms with van der Waals surface area (Å²) in [6.07, 6.45) is 1.63. The van der Waals surface area contributed by atoms with Crippen LogP contribution in [0.15, 0.2) is 84.6 Å². The number of carbonyl (C=O) groups excluding carboxylic acids is 2. The lowest BCUT2D eigenvalue weighted by molar-refractivity contribution is -0.113. The van der Waals surface area contributed by atoms with E-state index in [1.54, 1.807) is 49.6 Å². The van der Waals surface area contributed by atoms with E-state index in [-0.39, 0.29) is 11.6 Å². The van der Waals surface area contributed by atoms with Gasteiger partial charge in [-0.15, -0.1) is 0 Å². The van der Waals surface area contributed by atoms with Gasteiger partial charge in [0.15, 0.2) is 0 Å². The first-order valence-corrected chi connectivity index (χ1v) is 9.15. The van der Waals surface area contributed by atoms with Crippen molar-refractivity contribution in [2.24, 2.45) is 0 Å². The van der Waals surface area contributed by atoms with Gasteiger partial charge in [-0.05, 0) is 55.0 Å². The Kier molecular flexibility index (Phi) is 6.43. The minimum Gasteiger partial charge on any atom is -0.497 e. The lowest BCUT2D eigenvalue weighted by Crippen LogP contribution is -2.30. The van der Waals surface area contributed by atoms with Gasteiger partial charge in [-0.1, -0.05) is 48.0 Å².